The van der Waals surface area contributed by atoms with E-state index in [4.69, 9.17) is 5.73 Å². The molecule has 0 saturated heterocycles. The molecule has 0 aromatic rings. The molecule has 0 spiro atoms. The van der Waals surface area contributed by atoms with Crippen LogP contribution in [0.1, 0.15) is 6.92 Å². The van der Waals surface area contributed by atoms with E-state index in [1.165, 1.54) is 0 Å². The highest BCUT2D eigenvalue weighted by Gasteiger charge is 1.80. The number of nitrogens with one attached hydrogen (secondary N) is 1. The normalized spacial score (nSPS) is 10.9. The van der Waals surface area contributed by atoms with Crippen molar-refractivity contribution in [2.24, 2.45) is 10.7 Å². The van der Waals surface area contributed by atoms with Crippen LogP contribution < -0.4 is 11.1 Å². The zero-order valence-corrected chi connectivity index (χ0v) is 4.72. The van der Waals surface area contributed by atoms with Crippen molar-refractivity contribution in [3.05, 3.63) is 0 Å². The largest absolute Gasteiger partial charge is 0.370 e. The van der Waals surface area contributed by atoms with Crippen molar-refractivity contribution in [2.45, 2.75) is 6.92 Å². The molecule has 0 atom stereocenters. The number of carbonyl (C=O) groups is 1. The quantitative estimate of drug-likeness (QED) is 0.277. The molecule has 8 heavy (non-hydrogen) atoms. The Bertz CT molecular complexity index is 99.5. The Labute approximate surface area is 47.8 Å². The number of hydrogen-bond donors (Lipinski definition) is 2. The molecule has 0 aromatic carbocycles. The fraction of sp³-hybridized carbons (Fsp3) is 0.500. The highest BCUT2D eigenvalue weighted by molar-refractivity contribution is 5.87. The van der Waals surface area contributed by atoms with Crippen LogP contribution >= 0.6 is 0 Å². The highest BCUT2D eigenvalue weighted by atomic mass is 16.1. The van der Waals surface area contributed by atoms with E-state index in [1.807, 2.05) is 6.92 Å². The van der Waals surface area contributed by atoms with Gasteiger partial charge in [-0.1, -0.05) is 0 Å². The Morgan fingerprint density at radius 2 is 2.62 bits per heavy atom. The second-order valence-corrected chi connectivity index (χ2v) is 1.12. The van der Waals surface area contributed by atoms with Gasteiger partial charge in [-0.2, -0.15) is 0 Å². The molecule has 0 aliphatic carbocycles. The predicted molar refractivity (Wildman–Crippen MR) is 31.4 cm³/mol. The van der Waals surface area contributed by atoms with Crippen LogP contribution in [-0.4, -0.2) is 18.9 Å². The molecule has 46 valence electrons. The van der Waals surface area contributed by atoms with Crippen molar-refractivity contribution in [2.75, 3.05) is 6.54 Å². The minimum Gasteiger partial charge on any atom is -0.370 e. The number of guanidine groups is 1. The van der Waals surface area contributed by atoms with E-state index in [9.17, 15) is 4.79 Å². The maximum Gasteiger partial charge on any atom is 0.213 e. The van der Waals surface area contributed by atoms with Crippen molar-refractivity contribution in [3.8, 4) is 0 Å². The van der Waals surface area contributed by atoms with Gasteiger partial charge in [-0.15, -0.1) is 0 Å². The second-order valence-electron chi connectivity index (χ2n) is 1.12. The van der Waals surface area contributed by atoms with Gasteiger partial charge in [-0.25, -0.2) is 0 Å². The first-order valence-corrected chi connectivity index (χ1v) is 2.31. The fourth-order valence-electron chi connectivity index (χ4n) is 0.276. The number of carbonyl (C=O) groups excluding carboxylic acids is 1. The van der Waals surface area contributed by atoms with Gasteiger partial charge in [0.05, 0.1) is 0 Å². The third-order valence-electron chi connectivity index (χ3n) is 0.535. The average molecular weight is 115 g/mol. The highest BCUT2D eigenvalue weighted by Crippen LogP contribution is 1.61. The standard InChI is InChI=1S/C4H9N3O/c1-2-6-4(5)7-3-8/h3H,2H2,1H3,(H3,5,6,7,8). The Morgan fingerprint density at radius 3 is 3.00 bits per heavy atom. The first kappa shape index (κ1) is 6.94. The first-order chi connectivity index (χ1) is 3.81. The van der Waals surface area contributed by atoms with Gasteiger partial charge in [0.25, 0.3) is 0 Å². The number of hydrogen-bond acceptors (Lipinski definition) is 2. The smallest absolute Gasteiger partial charge is 0.213 e. The zero-order valence-electron chi connectivity index (χ0n) is 4.72. The van der Waals surface area contributed by atoms with Gasteiger partial charge in [0.1, 0.15) is 0 Å². The monoisotopic (exact) mass is 115 g/mol. The van der Waals surface area contributed by atoms with Crippen LogP contribution in [0, 0.1) is 0 Å². The zero-order chi connectivity index (χ0) is 6.41. The van der Waals surface area contributed by atoms with Gasteiger partial charge >= 0.3 is 0 Å². The summed E-state index contributed by atoms with van der Waals surface area (Å²) in [4.78, 5) is 13.3. The van der Waals surface area contributed by atoms with E-state index < -0.39 is 0 Å². The van der Waals surface area contributed by atoms with Crippen LogP contribution in [0.15, 0.2) is 4.99 Å². The molecular weight excluding hydrogens is 106 g/mol. The maximum absolute atomic E-state index is 9.62. The Balaban J connectivity index is 3.44. The second kappa shape index (κ2) is 4.11. The lowest BCUT2D eigenvalue weighted by atomic mass is 10.8. The van der Waals surface area contributed by atoms with Crippen molar-refractivity contribution in [3.63, 3.8) is 0 Å². The molecule has 4 nitrogen and oxygen atoms in total. The van der Waals surface area contributed by atoms with Crippen LogP contribution in [-0.2, 0) is 4.79 Å². The van der Waals surface area contributed by atoms with Gasteiger partial charge in [0, 0.05) is 6.54 Å². The van der Waals surface area contributed by atoms with Crippen LogP contribution in [0.5, 0.6) is 0 Å². The minimum absolute atomic E-state index is 0.169. The predicted octanol–water partition coefficient (Wildman–Crippen LogP) is -0.933. The Hall–Kier alpha value is -1.06. The number of nitrogens with two attached hydrogens (primary N) is 1. The van der Waals surface area contributed by atoms with Gasteiger partial charge in [0.15, 0.2) is 5.96 Å². The lowest BCUT2D eigenvalue weighted by Crippen LogP contribution is -2.30. The minimum atomic E-state index is 0.169. The van der Waals surface area contributed by atoms with E-state index >= 15 is 0 Å². The van der Waals surface area contributed by atoms with Crippen LogP contribution in [0.4, 0.5) is 0 Å². The van der Waals surface area contributed by atoms with Gasteiger partial charge in [-0.3, -0.25) is 15.1 Å². The molecule has 0 saturated carbocycles. The summed E-state index contributed by atoms with van der Waals surface area (Å²) in [6.07, 6.45) is 0.495. The molecule has 0 fully saturated rings. The summed E-state index contributed by atoms with van der Waals surface area (Å²) in [5, 5.41) is 2.19. The lowest BCUT2D eigenvalue weighted by Gasteiger charge is -1.91. The average Bonchev–Trinajstić information content (AvgIpc) is 1.68. The summed E-state index contributed by atoms with van der Waals surface area (Å²) in [7, 11) is 0. The number of amides is 1. The first-order valence-electron chi connectivity index (χ1n) is 2.31. The van der Waals surface area contributed by atoms with Crippen molar-refractivity contribution in [1.29, 1.82) is 0 Å². The van der Waals surface area contributed by atoms with Crippen molar-refractivity contribution in [1.82, 2.24) is 5.32 Å². The molecule has 3 N–H and O–H groups in total. The summed E-state index contributed by atoms with van der Waals surface area (Å²) in [5.41, 5.74) is 5.10. The van der Waals surface area contributed by atoms with E-state index in [0.29, 0.717) is 13.0 Å². The summed E-state index contributed by atoms with van der Waals surface area (Å²) >= 11 is 0. The summed E-state index contributed by atoms with van der Waals surface area (Å²) in [6, 6.07) is 0. The van der Waals surface area contributed by atoms with Gasteiger partial charge < -0.3 is 5.73 Å². The Kier molecular flexibility index (Phi) is 3.56. The summed E-state index contributed by atoms with van der Waals surface area (Å²) in [6.45, 7) is 2.42. The lowest BCUT2D eigenvalue weighted by molar-refractivity contribution is -0.108. The van der Waals surface area contributed by atoms with E-state index in [1.54, 1.807) is 0 Å². The molecule has 0 heterocycles. The van der Waals surface area contributed by atoms with Crippen LogP contribution in [0.3, 0.4) is 0 Å². The maximum atomic E-state index is 9.62. The molecule has 0 bridgehead atoms. The SMILES string of the molecule is CCN=C(N)NC=O. The fourth-order valence-corrected chi connectivity index (χ4v) is 0.276. The van der Waals surface area contributed by atoms with Gasteiger partial charge in [0.2, 0.25) is 6.41 Å². The third-order valence-corrected chi connectivity index (χ3v) is 0.535. The molecule has 1 amide bonds. The van der Waals surface area contributed by atoms with Crippen LogP contribution in [0.2, 0.25) is 0 Å². The summed E-state index contributed by atoms with van der Waals surface area (Å²) < 4.78 is 0. The number of rotatable bonds is 2. The summed E-state index contributed by atoms with van der Waals surface area (Å²) in [5.74, 6) is 0.169. The van der Waals surface area contributed by atoms with E-state index in [-0.39, 0.29) is 5.96 Å². The van der Waals surface area contributed by atoms with E-state index in [2.05, 4.69) is 10.3 Å². The molecule has 4 heteroatoms. The topological polar surface area (TPSA) is 67.5 Å². The molecule has 0 aliphatic heterocycles. The van der Waals surface area contributed by atoms with Gasteiger partial charge in [-0.05, 0) is 6.92 Å². The molecule has 0 rings (SSSR count). The number of aliphatic imine (C=N–C) groups is 1. The van der Waals surface area contributed by atoms with Crippen LogP contribution in [0.25, 0.3) is 0 Å². The molecule has 0 aliphatic rings. The van der Waals surface area contributed by atoms with E-state index in [0.717, 1.165) is 0 Å². The molecular formula is C4H9N3O. The van der Waals surface area contributed by atoms with Crippen molar-refractivity contribution < 1.29 is 4.79 Å². The molecule has 0 unspecified atom stereocenters. The third kappa shape index (κ3) is 3.14. The number of nitrogens with zero attached hydrogens (tertiary/aromatic N) is 1. The van der Waals surface area contributed by atoms with Crippen molar-refractivity contribution >= 4 is 12.4 Å². The Morgan fingerprint density at radius 1 is 2.00 bits per heavy atom. The molecule has 0 aromatic heterocycles. The molecule has 0 radical (unpaired) electrons.